The molecule has 1 aromatic heterocycles. The van der Waals surface area contributed by atoms with Crippen LogP contribution in [0, 0.1) is 0 Å². The molecule has 1 fully saturated rings. The predicted octanol–water partition coefficient (Wildman–Crippen LogP) is 3.21. The molecule has 1 aliphatic rings. The summed E-state index contributed by atoms with van der Waals surface area (Å²) in [7, 11) is 2.91. The van der Waals surface area contributed by atoms with Gasteiger partial charge in [-0.3, -0.25) is 9.59 Å². The Morgan fingerprint density at radius 2 is 2.00 bits per heavy atom. The standard InChI is InChI=1S/C20H21ClN2O6S/c1-27-15-10-16(28-2)13(9-12(15)21)22-18(24)11-29-20(26)14-5-3-7-23(14)19(25)17-6-4-8-30-17/h4,6,8-10,14H,3,5,7,11H2,1-2H3,(H,22,24)/t14-/m0/s1. The number of nitrogens with zero attached hydrogens (tertiary/aromatic N) is 1. The number of hydrogen-bond acceptors (Lipinski definition) is 7. The lowest BCUT2D eigenvalue weighted by molar-refractivity contribution is -0.151. The van der Waals surface area contributed by atoms with E-state index < -0.39 is 24.5 Å². The number of likely N-dealkylation sites (tertiary alicyclic amines) is 1. The fourth-order valence-corrected chi connectivity index (χ4v) is 4.09. The Morgan fingerprint density at radius 1 is 1.23 bits per heavy atom. The van der Waals surface area contributed by atoms with E-state index in [-0.39, 0.29) is 5.91 Å². The molecule has 0 bridgehead atoms. The van der Waals surface area contributed by atoms with Gasteiger partial charge in [0.1, 0.15) is 17.5 Å². The number of thiophene rings is 1. The first kappa shape index (κ1) is 21.9. The molecular formula is C20H21ClN2O6S. The van der Waals surface area contributed by atoms with Crippen LogP contribution in [0.15, 0.2) is 29.6 Å². The lowest BCUT2D eigenvalue weighted by Crippen LogP contribution is -2.41. The molecule has 0 saturated carbocycles. The van der Waals surface area contributed by atoms with Gasteiger partial charge < -0.3 is 24.4 Å². The zero-order chi connectivity index (χ0) is 21.7. The van der Waals surface area contributed by atoms with Crippen LogP contribution in [0.3, 0.4) is 0 Å². The Labute approximate surface area is 182 Å². The fraction of sp³-hybridized carbons (Fsp3) is 0.350. The summed E-state index contributed by atoms with van der Waals surface area (Å²) in [5.74, 6) is -0.620. The average Bonchev–Trinajstić information content (AvgIpc) is 3.44. The van der Waals surface area contributed by atoms with Crippen LogP contribution in [-0.2, 0) is 14.3 Å². The maximum atomic E-state index is 12.6. The fourth-order valence-electron chi connectivity index (χ4n) is 3.17. The van der Waals surface area contributed by atoms with Crippen molar-refractivity contribution >= 4 is 46.4 Å². The normalized spacial score (nSPS) is 15.6. The van der Waals surface area contributed by atoms with E-state index in [0.717, 1.165) is 0 Å². The molecular weight excluding hydrogens is 432 g/mol. The number of nitrogens with one attached hydrogen (secondary N) is 1. The van der Waals surface area contributed by atoms with Gasteiger partial charge in [-0.05, 0) is 30.4 Å². The first-order valence-electron chi connectivity index (χ1n) is 9.17. The first-order valence-corrected chi connectivity index (χ1v) is 10.4. The van der Waals surface area contributed by atoms with E-state index >= 15 is 0 Å². The molecule has 3 rings (SSSR count). The highest BCUT2D eigenvalue weighted by molar-refractivity contribution is 7.12. The highest BCUT2D eigenvalue weighted by Crippen LogP contribution is 2.35. The minimum Gasteiger partial charge on any atom is -0.495 e. The van der Waals surface area contributed by atoms with Crippen molar-refractivity contribution in [3.05, 3.63) is 39.5 Å². The minimum atomic E-state index is -0.697. The molecule has 8 nitrogen and oxygen atoms in total. The van der Waals surface area contributed by atoms with E-state index in [0.29, 0.717) is 46.5 Å². The maximum Gasteiger partial charge on any atom is 0.329 e. The number of carbonyl (C=O) groups excluding carboxylic acids is 3. The Bertz CT molecular complexity index is 934. The summed E-state index contributed by atoms with van der Waals surface area (Å²) in [5.41, 5.74) is 0.319. The van der Waals surface area contributed by atoms with Gasteiger partial charge in [0.2, 0.25) is 0 Å². The second-order valence-electron chi connectivity index (χ2n) is 6.48. The smallest absolute Gasteiger partial charge is 0.329 e. The van der Waals surface area contributed by atoms with Crippen LogP contribution in [0.1, 0.15) is 22.5 Å². The molecule has 30 heavy (non-hydrogen) atoms. The van der Waals surface area contributed by atoms with Gasteiger partial charge in [-0.15, -0.1) is 11.3 Å². The van der Waals surface area contributed by atoms with Gasteiger partial charge in [0.15, 0.2) is 6.61 Å². The van der Waals surface area contributed by atoms with Crippen molar-refractivity contribution in [2.75, 3.05) is 32.7 Å². The Morgan fingerprint density at radius 3 is 2.67 bits per heavy atom. The van der Waals surface area contributed by atoms with E-state index in [9.17, 15) is 14.4 Å². The summed E-state index contributed by atoms with van der Waals surface area (Å²) < 4.78 is 15.5. The molecule has 0 spiro atoms. The van der Waals surface area contributed by atoms with Gasteiger partial charge in [0.05, 0.1) is 29.8 Å². The van der Waals surface area contributed by atoms with Crippen molar-refractivity contribution in [3.63, 3.8) is 0 Å². The highest BCUT2D eigenvalue weighted by Gasteiger charge is 2.36. The van der Waals surface area contributed by atoms with Crippen molar-refractivity contribution < 1.29 is 28.6 Å². The Hall–Kier alpha value is -2.78. The van der Waals surface area contributed by atoms with Gasteiger partial charge in [0, 0.05) is 12.6 Å². The minimum absolute atomic E-state index is 0.202. The largest absolute Gasteiger partial charge is 0.495 e. The quantitative estimate of drug-likeness (QED) is 0.648. The number of amides is 2. The van der Waals surface area contributed by atoms with Crippen LogP contribution in [0.5, 0.6) is 11.5 Å². The number of benzene rings is 1. The second-order valence-corrected chi connectivity index (χ2v) is 7.83. The molecule has 0 aliphatic carbocycles. The van der Waals surface area contributed by atoms with E-state index in [1.807, 2.05) is 0 Å². The number of methoxy groups -OCH3 is 2. The maximum absolute atomic E-state index is 12.6. The molecule has 0 radical (unpaired) electrons. The average molecular weight is 453 g/mol. The number of esters is 1. The summed E-state index contributed by atoms with van der Waals surface area (Å²) in [6, 6.07) is 5.82. The predicted molar refractivity (Wildman–Crippen MR) is 113 cm³/mol. The molecule has 2 heterocycles. The van der Waals surface area contributed by atoms with Crippen LogP contribution >= 0.6 is 22.9 Å². The second kappa shape index (κ2) is 9.82. The van der Waals surface area contributed by atoms with E-state index in [4.69, 9.17) is 25.8 Å². The first-order chi connectivity index (χ1) is 14.4. The molecule has 1 saturated heterocycles. The summed E-state index contributed by atoms with van der Waals surface area (Å²) in [6.45, 7) is -0.0204. The van der Waals surface area contributed by atoms with Crippen molar-refractivity contribution in [1.29, 1.82) is 0 Å². The zero-order valence-electron chi connectivity index (χ0n) is 16.5. The van der Waals surface area contributed by atoms with Crippen molar-refractivity contribution in [1.82, 2.24) is 4.90 Å². The van der Waals surface area contributed by atoms with E-state index in [2.05, 4.69) is 5.32 Å². The number of rotatable bonds is 7. The summed E-state index contributed by atoms with van der Waals surface area (Å²) in [4.78, 5) is 39.4. The van der Waals surface area contributed by atoms with E-state index in [1.54, 1.807) is 17.5 Å². The molecule has 1 atom stereocenters. The summed E-state index contributed by atoms with van der Waals surface area (Å²) in [6.07, 6.45) is 1.20. The van der Waals surface area contributed by atoms with Crippen LogP contribution in [0.4, 0.5) is 5.69 Å². The van der Waals surface area contributed by atoms with Gasteiger partial charge in [-0.2, -0.15) is 0 Å². The number of anilines is 1. The summed E-state index contributed by atoms with van der Waals surface area (Å²) in [5, 5.41) is 4.69. The van der Waals surface area contributed by atoms with Crippen molar-refractivity contribution in [2.24, 2.45) is 0 Å². The molecule has 2 aromatic rings. The molecule has 160 valence electrons. The Balaban J connectivity index is 1.59. The van der Waals surface area contributed by atoms with Crippen LogP contribution < -0.4 is 14.8 Å². The third kappa shape index (κ3) is 4.85. The molecule has 10 heteroatoms. The zero-order valence-corrected chi connectivity index (χ0v) is 18.0. The van der Waals surface area contributed by atoms with Crippen LogP contribution in [0.2, 0.25) is 5.02 Å². The van der Waals surface area contributed by atoms with Gasteiger partial charge >= 0.3 is 5.97 Å². The Kier molecular flexibility index (Phi) is 7.17. The summed E-state index contributed by atoms with van der Waals surface area (Å²) >= 11 is 7.41. The van der Waals surface area contributed by atoms with E-state index in [1.165, 1.54) is 42.6 Å². The third-order valence-corrected chi connectivity index (χ3v) is 5.76. The van der Waals surface area contributed by atoms with Crippen molar-refractivity contribution in [3.8, 4) is 11.5 Å². The van der Waals surface area contributed by atoms with Crippen LogP contribution in [-0.4, -0.2) is 56.1 Å². The van der Waals surface area contributed by atoms with Crippen molar-refractivity contribution in [2.45, 2.75) is 18.9 Å². The van der Waals surface area contributed by atoms with Gasteiger partial charge in [-0.25, -0.2) is 4.79 Å². The van der Waals surface area contributed by atoms with Gasteiger partial charge in [-0.1, -0.05) is 17.7 Å². The third-order valence-electron chi connectivity index (χ3n) is 4.61. The topological polar surface area (TPSA) is 94.2 Å². The molecule has 1 aliphatic heterocycles. The highest BCUT2D eigenvalue weighted by atomic mass is 35.5. The molecule has 1 N–H and O–H groups in total. The molecule has 0 unspecified atom stereocenters. The number of hydrogen-bond donors (Lipinski definition) is 1. The number of ether oxygens (including phenoxy) is 3. The monoisotopic (exact) mass is 452 g/mol. The van der Waals surface area contributed by atoms with Crippen LogP contribution in [0.25, 0.3) is 0 Å². The lowest BCUT2D eigenvalue weighted by atomic mass is 10.2. The SMILES string of the molecule is COc1cc(OC)c(NC(=O)COC(=O)[C@@H]2CCCN2C(=O)c2cccs2)cc1Cl. The number of halogens is 1. The lowest BCUT2D eigenvalue weighted by Gasteiger charge is -2.22. The van der Waals surface area contributed by atoms with Gasteiger partial charge in [0.25, 0.3) is 11.8 Å². The number of carbonyl (C=O) groups is 3. The molecule has 1 aromatic carbocycles. The molecule has 2 amide bonds.